The summed E-state index contributed by atoms with van der Waals surface area (Å²) in [4.78, 5) is 23.4. The molecule has 1 aliphatic heterocycles. The number of hydrogen-bond donors (Lipinski definition) is 2. The molecule has 1 rings (SSSR count). The van der Waals surface area contributed by atoms with Crippen molar-refractivity contribution in [1.29, 1.82) is 0 Å². The molecule has 3 N–H and O–H groups in total. The van der Waals surface area contributed by atoms with E-state index in [2.05, 4.69) is 5.32 Å². The molecule has 13 heavy (non-hydrogen) atoms. The molecule has 1 aliphatic rings. The number of primary amides is 1. The average Bonchev–Trinajstić information content (AvgIpc) is 2.53. The number of hydrogen-bond acceptors (Lipinski definition) is 3. The number of nitrogens with one attached hydrogen (secondary N) is 1. The number of carbonyl (C=O) groups excluding carboxylic acids is 2. The van der Waals surface area contributed by atoms with Crippen LogP contribution >= 0.6 is 0 Å². The summed E-state index contributed by atoms with van der Waals surface area (Å²) in [6, 6.07) is -0.121. The van der Waals surface area contributed by atoms with E-state index in [4.69, 9.17) is 5.73 Å². The first-order valence-corrected chi connectivity index (χ1v) is 4.38. The van der Waals surface area contributed by atoms with Crippen LogP contribution in [0.4, 0.5) is 0 Å². The Hall–Kier alpha value is -1.10. The maximum atomic E-state index is 11.5. The summed E-state index contributed by atoms with van der Waals surface area (Å²) in [5.41, 5.74) is 4.98. The van der Waals surface area contributed by atoms with Gasteiger partial charge in [0.2, 0.25) is 11.8 Å². The van der Waals surface area contributed by atoms with Crippen molar-refractivity contribution in [2.45, 2.75) is 18.9 Å². The Bertz CT molecular complexity index is 211. The third-order valence-electron chi connectivity index (χ3n) is 2.13. The standard InChI is InChI=1S/C8H15N3O2/c1-11(5-7(9)12)8(13)6-3-2-4-10-6/h6,10H,2-5H2,1H3,(H2,9,12). The zero-order chi connectivity index (χ0) is 9.84. The minimum atomic E-state index is -0.478. The highest BCUT2D eigenvalue weighted by atomic mass is 16.2. The Labute approximate surface area is 77.3 Å². The number of carbonyl (C=O) groups is 2. The van der Waals surface area contributed by atoms with Crippen molar-refractivity contribution in [3.8, 4) is 0 Å². The smallest absolute Gasteiger partial charge is 0.239 e. The van der Waals surface area contributed by atoms with Gasteiger partial charge >= 0.3 is 0 Å². The van der Waals surface area contributed by atoms with E-state index in [0.29, 0.717) is 0 Å². The lowest BCUT2D eigenvalue weighted by Crippen LogP contribution is -2.44. The summed E-state index contributed by atoms with van der Waals surface area (Å²) < 4.78 is 0. The molecule has 74 valence electrons. The number of rotatable bonds is 3. The van der Waals surface area contributed by atoms with E-state index in [9.17, 15) is 9.59 Å². The molecule has 0 aromatic heterocycles. The van der Waals surface area contributed by atoms with Gasteiger partial charge in [-0.3, -0.25) is 9.59 Å². The van der Waals surface area contributed by atoms with Crippen LogP contribution in [0, 0.1) is 0 Å². The van der Waals surface area contributed by atoms with E-state index < -0.39 is 5.91 Å². The van der Waals surface area contributed by atoms with E-state index in [0.717, 1.165) is 19.4 Å². The normalized spacial score (nSPS) is 21.5. The van der Waals surface area contributed by atoms with Crippen molar-refractivity contribution < 1.29 is 9.59 Å². The minimum Gasteiger partial charge on any atom is -0.368 e. The highest BCUT2D eigenvalue weighted by Gasteiger charge is 2.25. The molecule has 1 atom stereocenters. The van der Waals surface area contributed by atoms with Crippen LogP contribution in [-0.4, -0.2) is 42.9 Å². The van der Waals surface area contributed by atoms with Gasteiger partial charge in [-0.1, -0.05) is 0 Å². The molecule has 5 nitrogen and oxygen atoms in total. The van der Waals surface area contributed by atoms with Crippen molar-refractivity contribution in [2.75, 3.05) is 20.1 Å². The molecule has 1 fully saturated rings. The van der Waals surface area contributed by atoms with Crippen LogP contribution in [0.1, 0.15) is 12.8 Å². The van der Waals surface area contributed by atoms with Gasteiger partial charge in [0.05, 0.1) is 12.6 Å². The van der Waals surface area contributed by atoms with E-state index in [-0.39, 0.29) is 18.5 Å². The Morgan fingerprint density at radius 1 is 1.62 bits per heavy atom. The third kappa shape index (κ3) is 2.69. The van der Waals surface area contributed by atoms with Gasteiger partial charge in [0.25, 0.3) is 0 Å². The Balaban J connectivity index is 2.41. The van der Waals surface area contributed by atoms with Crippen molar-refractivity contribution in [3.63, 3.8) is 0 Å². The molecule has 5 heteroatoms. The van der Waals surface area contributed by atoms with Crippen LogP contribution in [0.15, 0.2) is 0 Å². The summed E-state index contributed by atoms with van der Waals surface area (Å²) in [5.74, 6) is -0.523. The number of nitrogens with zero attached hydrogens (tertiary/aromatic N) is 1. The quantitative estimate of drug-likeness (QED) is 0.572. The van der Waals surface area contributed by atoms with E-state index >= 15 is 0 Å². The highest BCUT2D eigenvalue weighted by molar-refractivity contribution is 5.86. The van der Waals surface area contributed by atoms with Gasteiger partial charge in [0, 0.05) is 7.05 Å². The van der Waals surface area contributed by atoms with Crippen molar-refractivity contribution in [3.05, 3.63) is 0 Å². The van der Waals surface area contributed by atoms with Crippen LogP contribution in [0.5, 0.6) is 0 Å². The van der Waals surface area contributed by atoms with E-state index in [1.54, 1.807) is 7.05 Å². The first kappa shape index (κ1) is 9.98. The Morgan fingerprint density at radius 2 is 2.31 bits per heavy atom. The highest BCUT2D eigenvalue weighted by Crippen LogP contribution is 2.07. The van der Waals surface area contributed by atoms with Gasteiger partial charge in [-0.25, -0.2) is 0 Å². The summed E-state index contributed by atoms with van der Waals surface area (Å²) in [6.45, 7) is 0.873. The lowest BCUT2D eigenvalue weighted by atomic mass is 10.2. The molecular weight excluding hydrogens is 170 g/mol. The lowest BCUT2D eigenvalue weighted by Gasteiger charge is -2.19. The van der Waals surface area contributed by atoms with Crippen LogP contribution in [-0.2, 0) is 9.59 Å². The number of likely N-dealkylation sites (N-methyl/N-ethyl adjacent to an activating group) is 1. The monoisotopic (exact) mass is 185 g/mol. The van der Waals surface area contributed by atoms with Crippen LogP contribution in [0.2, 0.25) is 0 Å². The molecule has 0 radical (unpaired) electrons. The van der Waals surface area contributed by atoms with Gasteiger partial charge in [0.1, 0.15) is 0 Å². The molecule has 0 aromatic rings. The first-order valence-electron chi connectivity index (χ1n) is 4.38. The fraction of sp³-hybridized carbons (Fsp3) is 0.750. The average molecular weight is 185 g/mol. The maximum Gasteiger partial charge on any atom is 0.239 e. The summed E-state index contributed by atoms with van der Waals surface area (Å²) in [6.07, 6.45) is 1.86. The van der Waals surface area contributed by atoms with E-state index in [1.165, 1.54) is 4.90 Å². The molecule has 1 heterocycles. The zero-order valence-electron chi connectivity index (χ0n) is 7.75. The zero-order valence-corrected chi connectivity index (χ0v) is 7.75. The first-order chi connectivity index (χ1) is 6.11. The summed E-state index contributed by atoms with van der Waals surface area (Å²) in [7, 11) is 1.59. The second-order valence-corrected chi connectivity index (χ2v) is 3.31. The summed E-state index contributed by atoms with van der Waals surface area (Å²) in [5, 5.41) is 3.07. The second kappa shape index (κ2) is 4.23. The predicted molar refractivity (Wildman–Crippen MR) is 47.9 cm³/mol. The molecule has 1 saturated heterocycles. The minimum absolute atomic E-state index is 0.00296. The Morgan fingerprint density at radius 3 is 2.77 bits per heavy atom. The topological polar surface area (TPSA) is 75.4 Å². The molecule has 0 spiro atoms. The molecule has 0 aromatic carbocycles. The molecular formula is C8H15N3O2. The van der Waals surface area contributed by atoms with Gasteiger partial charge in [-0.15, -0.1) is 0 Å². The van der Waals surface area contributed by atoms with Crippen molar-refractivity contribution in [1.82, 2.24) is 10.2 Å². The predicted octanol–water partition coefficient (Wildman–Crippen LogP) is -1.32. The third-order valence-corrected chi connectivity index (χ3v) is 2.13. The number of amides is 2. The summed E-state index contributed by atoms with van der Waals surface area (Å²) >= 11 is 0. The molecule has 1 unspecified atom stereocenters. The van der Waals surface area contributed by atoms with Gasteiger partial charge in [0.15, 0.2) is 0 Å². The maximum absolute atomic E-state index is 11.5. The van der Waals surface area contributed by atoms with Crippen LogP contribution in [0.25, 0.3) is 0 Å². The van der Waals surface area contributed by atoms with Crippen molar-refractivity contribution >= 4 is 11.8 Å². The fourth-order valence-corrected chi connectivity index (χ4v) is 1.47. The lowest BCUT2D eigenvalue weighted by molar-refractivity contribution is -0.135. The molecule has 0 aliphatic carbocycles. The number of nitrogens with two attached hydrogens (primary N) is 1. The van der Waals surface area contributed by atoms with Gasteiger partial charge in [-0.2, -0.15) is 0 Å². The largest absolute Gasteiger partial charge is 0.368 e. The van der Waals surface area contributed by atoms with Gasteiger partial charge < -0.3 is 16.0 Å². The fourth-order valence-electron chi connectivity index (χ4n) is 1.47. The molecule has 0 bridgehead atoms. The van der Waals surface area contributed by atoms with E-state index in [1.807, 2.05) is 0 Å². The Kier molecular flexibility index (Phi) is 3.25. The van der Waals surface area contributed by atoms with Crippen LogP contribution in [0.3, 0.4) is 0 Å². The second-order valence-electron chi connectivity index (χ2n) is 3.31. The SMILES string of the molecule is CN(CC(N)=O)C(=O)C1CCCN1. The van der Waals surface area contributed by atoms with Crippen LogP contribution < -0.4 is 11.1 Å². The molecule has 0 saturated carbocycles. The van der Waals surface area contributed by atoms with Gasteiger partial charge in [-0.05, 0) is 19.4 Å². The van der Waals surface area contributed by atoms with Crippen molar-refractivity contribution in [2.24, 2.45) is 5.73 Å². The molecule has 2 amide bonds.